The maximum atomic E-state index is 12.2. The van der Waals surface area contributed by atoms with Crippen LogP contribution in [0.25, 0.3) is 0 Å². The molecule has 1 aromatic carbocycles. The smallest absolute Gasteiger partial charge is 0.343 e. The summed E-state index contributed by atoms with van der Waals surface area (Å²) < 4.78 is 26.3. The molecule has 1 aliphatic carbocycles. The standard InChI is InChI=1S/C15H19N3O5S/c19-14(20)10-4-6-13(7-5-10)24(22,23)17-15(21)16-18-8-11-2-1-3-12(11)9-18/h4-7,11-12H,1-3,8-9H2,(H,19,20)(H2,16,17,21)/t11-,12+. The van der Waals surface area contributed by atoms with E-state index in [1.807, 2.05) is 4.72 Å². The second-order valence-electron chi connectivity index (χ2n) is 6.23. The normalized spacial score (nSPS) is 23.7. The molecule has 1 heterocycles. The third-order valence-electron chi connectivity index (χ3n) is 4.62. The number of carbonyl (C=O) groups excluding carboxylic acids is 1. The molecule has 2 fully saturated rings. The Labute approximate surface area is 139 Å². The van der Waals surface area contributed by atoms with E-state index < -0.39 is 22.0 Å². The maximum absolute atomic E-state index is 12.2. The summed E-state index contributed by atoms with van der Waals surface area (Å²) in [5.41, 5.74) is 2.55. The predicted molar refractivity (Wildman–Crippen MR) is 84.7 cm³/mol. The molecular weight excluding hydrogens is 334 g/mol. The van der Waals surface area contributed by atoms with E-state index in [2.05, 4.69) is 5.43 Å². The summed E-state index contributed by atoms with van der Waals surface area (Å²) in [5, 5.41) is 10.6. The molecule has 1 aromatic rings. The summed E-state index contributed by atoms with van der Waals surface area (Å²) >= 11 is 0. The highest BCUT2D eigenvalue weighted by Crippen LogP contribution is 2.36. The number of aromatic carboxylic acids is 1. The van der Waals surface area contributed by atoms with Gasteiger partial charge in [0, 0.05) is 13.1 Å². The number of hydrogen-bond acceptors (Lipinski definition) is 5. The predicted octanol–water partition coefficient (Wildman–Crippen LogP) is 1.02. The Hall–Kier alpha value is -2.13. The van der Waals surface area contributed by atoms with E-state index in [-0.39, 0.29) is 10.5 Å². The number of hydrogen-bond donors (Lipinski definition) is 3. The number of fused-ring (bicyclic) bond motifs is 1. The zero-order valence-corrected chi connectivity index (χ0v) is 13.8. The number of urea groups is 1. The first kappa shape index (κ1) is 16.7. The van der Waals surface area contributed by atoms with E-state index in [0.717, 1.165) is 38.1 Å². The second kappa shape index (κ2) is 6.40. The molecule has 2 atom stereocenters. The zero-order chi connectivity index (χ0) is 17.3. The van der Waals surface area contributed by atoms with Gasteiger partial charge in [0.1, 0.15) is 0 Å². The fraction of sp³-hybridized carbons (Fsp3) is 0.467. The summed E-state index contributed by atoms with van der Waals surface area (Å²) in [6, 6.07) is 3.85. The van der Waals surface area contributed by atoms with Crippen molar-refractivity contribution in [3.63, 3.8) is 0 Å². The molecule has 2 amide bonds. The molecule has 24 heavy (non-hydrogen) atoms. The first-order valence-corrected chi connectivity index (χ1v) is 9.25. The summed E-state index contributed by atoms with van der Waals surface area (Å²) in [6.45, 7) is 1.48. The third-order valence-corrected chi connectivity index (χ3v) is 5.97. The van der Waals surface area contributed by atoms with Crippen molar-refractivity contribution in [2.24, 2.45) is 11.8 Å². The highest BCUT2D eigenvalue weighted by atomic mass is 32.2. The zero-order valence-electron chi connectivity index (χ0n) is 12.9. The number of carbonyl (C=O) groups is 2. The van der Waals surface area contributed by atoms with E-state index in [1.54, 1.807) is 5.01 Å². The summed E-state index contributed by atoms with van der Waals surface area (Å²) in [4.78, 5) is 22.6. The number of amides is 2. The van der Waals surface area contributed by atoms with Crippen LogP contribution in [0.15, 0.2) is 29.2 Å². The Kier molecular flexibility index (Phi) is 4.46. The lowest BCUT2D eigenvalue weighted by Crippen LogP contribution is -2.48. The Balaban J connectivity index is 1.59. The third kappa shape index (κ3) is 3.51. The molecule has 0 aromatic heterocycles. The lowest BCUT2D eigenvalue weighted by atomic mass is 10.0. The van der Waals surface area contributed by atoms with Crippen molar-refractivity contribution in [1.29, 1.82) is 0 Å². The molecule has 1 saturated heterocycles. The summed E-state index contributed by atoms with van der Waals surface area (Å²) in [6.07, 6.45) is 3.52. The van der Waals surface area contributed by atoms with Gasteiger partial charge in [-0.05, 0) is 48.9 Å². The van der Waals surface area contributed by atoms with Crippen molar-refractivity contribution in [3.05, 3.63) is 29.8 Å². The van der Waals surface area contributed by atoms with E-state index in [1.165, 1.54) is 18.6 Å². The van der Waals surface area contributed by atoms with Crippen LogP contribution in [0.5, 0.6) is 0 Å². The van der Waals surface area contributed by atoms with E-state index in [9.17, 15) is 18.0 Å². The minimum absolute atomic E-state index is 0.0259. The van der Waals surface area contributed by atoms with E-state index >= 15 is 0 Å². The highest BCUT2D eigenvalue weighted by molar-refractivity contribution is 7.90. The fourth-order valence-electron chi connectivity index (χ4n) is 3.45. The van der Waals surface area contributed by atoms with Crippen LogP contribution in [0.2, 0.25) is 0 Å². The molecule has 1 aliphatic heterocycles. The van der Waals surface area contributed by atoms with Gasteiger partial charge in [0.05, 0.1) is 10.5 Å². The largest absolute Gasteiger partial charge is 0.478 e. The maximum Gasteiger partial charge on any atom is 0.343 e. The minimum Gasteiger partial charge on any atom is -0.478 e. The lowest BCUT2D eigenvalue weighted by Gasteiger charge is -2.18. The van der Waals surface area contributed by atoms with Crippen LogP contribution in [0.4, 0.5) is 4.79 Å². The first-order valence-electron chi connectivity index (χ1n) is 7.77. The first-order chi connectivity index (χ1) is 11.3. The van der Waals surface area contributed by atoms with Gasteiger partial charge in [-0.25, -0.2) is 27.7 Å². The van der Waals surface area contributed by atoms with Crippen LogP contribution < -0.4 is 10.1 Å². The average molecular weight is 353 g/mol. The number of sulfonamides is 1. The molecule has 2 aliphatic rings. The van der Waals surface area contributed by atoms with Crippen LogP contribution in [0.3, 0.4) is 0 Å². The van der Waals surface area contributed by atoms with Crippen LogP contribution in [-0.2, 0) is 10.0 Å². The number of hydrazine groups is 1. The van der Waals surface area contributed by atoms with Gasteiger partial charge in [-0.15, -0.1) is 0 Å². The quantitative estimate of drug-likeness (QED) is 0.744. The number of nitrogens with one attached hydrogen (secondary N) is 2. The second-order valence-corrected chi connectivity index (χ2v) is 7.91. The number of carboxylic acid groups (broad SMARTS) is 1. The summed E-state index contributed by atoms with van der Waals surface area (Å²) in [5.74, 6) is 0.000160. The molecule has 0 radical (unpaired) electrons. The molecule has 130 valence electrons. The van der Waals surface area contributed by atoms with Gasteiger partial charge in [-0.3, -0.25) is 5.43 Å². The fourth-order valence-corrected chi connectivity index (χ4v) is 4.35. The molecular formula is C15H19N3O5S. The van der Waals surface area contributed by atoms with Crippen LogP contribution in [-0.4, -0.2) is 43.6 Å². The molecule has 3 rings (SSSR count). The molecule has 3 N–H and O–H groups in total. The van der Waals surface area contributed by atoms with Crippen molar-refractivity contribution in [3.8, 4) is 0 Å². The Morgan fingerprint density at radius 1 is 1.08 bits per heavy atom. The monoisotopic (exact) mass is 353 g/mol. The molecule has 9 heteroatoms. The number of nitrogens with zero attached hydrogens (tertiary/aromatic N) is 1. The van der Waals surface area contributed by atoms with Crippen molar-refractivity contribution in [2.75, 3.05) is 13.1 Å². The van der Waals surface area contributed by atoms with Crippen molar-refractivity contribution in [2.45, 2.75) is 24.2 Å². The molecule has 0 bridgehead atoms. The highest BCUT2D eigenvalue weighted by Gasteiger charge is 2.36. The van der Waals surface area contributed by atoms with Crippen molar-refractivity contribution < 1.29 is 23.1 Å². The van der Waals surface area contributed by atoms with Gasteiger partial charge in [-0.2, -0.15) is 0 Å². The Morgan fingerprint density at radius 3 is 2.21 bits per heavy atom. The van der Waals surface area contributed by atoms with Crippen LogP contribution in [0.1, 0.15) is 29.6 Å². The van der Waals surface area contributed by atoms with Crippen LogP contribution in [0, 0.1) is 11.8 Å². The lowest BCUT2D eigenvalue weighted by molar-refractivity contribution is 0.0696. The van der Waals surface area contributed by atoms with Gasteiger partial charge in [-0.1, -0.05) is 6.42 Å². The van der Waals surface area contributed by atoms with Gasteiger partial charge in [0.25, 0.3) is 10.0 Å². The SMILES string of the molecule is O=C(NN1C[C@H]2CCC[C@H]2C1)NS(=O)(=O)c1ccc(C(=O)O)cc1. The molecule has 8 nitrogen and oxygen atoms in total. The Bertz CT molecular complexity index is 735. The molecule has 0 unspecified atom stereocenters. The van der Waals surface area contributed by atoms with E-state index in [0.29, 0.717) is 11.8 Å². The van der Waals surface area contributed by atoms with Crippen molar-refractivity contribution >= 4 is 22.0 Å². The molecule has 0 spiro atoms. The van der Waals surface area contributed by atoms with Gasteiger partial charge >= 0.3 is 12.0 Å². The topological polar surface area (TPSA) is 116 Å². The number of carboxylic acids is 1. The average Bonchev–Trinajstić information content (AvgIpc) is 3.07. The van der Waals surface area contributed by atoms with Gasteiger partial charge < -0.3 is 5.11 Å². The Morgan fingerprint density at radius 2 is 1.67 bits per heavy atom. The van der Waals surface area contributed by atoms with E-state index in [4.69, 9.17) is 5.11 Å². The van der Waals surface area contributed by atoms with Gasteiger partial charge in [0.15, 0.2) is 0 Å². The van der Waals surface area contributed by atoms with Gasteiger partial charge in [0.2, 0.25) is 0 Å². The number of rotatable bonds is 4. The van der Waals surface area contributed by atoms with Crippen LogP contribution >= 0.6 is 0 Å². The molecule has 1 saturated carbocycles. The minimum atomic E-state index is -4.04. The number of benzene rings is 1. The van der Waals surface area contributed by atoms with Crippen molar-refractivity contribution in [1.82, 2.24) is 15.2 Å². The summed E-state index contributed by atoms with van der Waals surface area (Å²) in [7, 11) is -4.04.